The van der Waals surface area contributed by atoms with E-state index in [1.54, 1.807) is 25.3 Å². The molecule has 1 aromatic carbocycles. The first-order valence-corrected chi connectivity index (χ1v) is 12.0. The van der Waals surface area contributed by atoms with Crippen LogP contribution in [0.15, 0.2) is 36.8 Å². The second kappa shape index (κ2) is 10.7. The van der Waals surface area contributed by atoms with Crippen LogP contribution in [0.2, 0.25) is 5.02 Å². The van der Waals surface area contributed by atoms with Crippen molar-refractivity contribution in [2.24, 2.45) is 0 Å². The fraction of sp³-hybridized carbons (Fsp3) is 0.333. The highest BCUT2D eigenvalue weighted by atomic mass is 35.5. The zero-order valence-electron chi connectivity index (χ0n) is 18.7. The molecule has 11 heteroatoms. The molecule has 1 N–H and O–H groups in total. The predicted molar refractivity (Wildman–Crippen MR) is 128 cm³/mol. The molecule has 0 aliphatic carbocycles. The first kappa shape index (κ1) is 25.1. The van der Waals surface area contributed by atoms with Crippen molar-refractivity contribution in [2.75, 3.05) is 19.6 Å². The number of likely N-dealkylation sites (tertiary alicyclic amines) is 1. The molecule has 182 valence electrons. The number of halogens is 4. The molecule has 2 aromatic heterocycles. The van der Waals surface area contributed by atoms with Gasteiger partial charge < -0.3 is 5.32 Å². The van der Waals surface area contributed by atoms with Gasteiger partial charge in [0.15, 0.2) is 16.6 Å². The van der Waals surface area contributed by atoms with E-state index in [1.807, 2.05) is 4.90 Å². The number of thiazole rings is 1. The molecule has 6 nitrogen and oxygen atoms in total. The summed E-state index contributed by atoms with van der Waals surface area (Å²) in [5, 5.41) is 3.72. The Kier molecular flexibility index (Phi) is 7.69. The summed E-state index contributed by atoms with van der Waals surface area (Å²) in [7, 11) is 0. The van der Waals surface area contributed by atoms with Crippen LogP contribution in [0.5, 0.6) is 0 Å². The van der Waals surface area contributed by atoms with Gasteiger partial charge >= 0.3 is 0 Å². The van der Waals surface area contributed by atoms with Crippen molar-refractivity contribution in [1.82, 2.24) is 25.2 Å². The molecule has 1 saturated heterocycles. The van der Waals surface area contributed by atoms with Crippen molar-refractivity contribution in [1.29, 1.82) is 0 Å². The number of alkyl halides is 2. The third-order valence-corrected chi connectivity index (χ3v) is 6.94. The van der Waals surface area contributed by atoms with Crippen molar-refractivity contribution in [2.45, 2.75) is 31.7 Å². The number of hydrogen-bond acceptors (Lipinski definition) is 6. The lowest BCUT2D eigenvalue weighted by Crippen LogP contribution is -2.44. The number of piperidine rings is 1. The van der Waals surface area contributed by atoms with E-state index in [1.165, 1.54) is 17.4 Å². The quantitative estimate of drug-likeness (QED) is 0.466. The second-order valence-electron chi connectivity index (χ2n) is 7.98. The van der Waals surface area contributed by atoms with Crippen molar-refractivity contribution >= 4 is 28.8 Å². The van der Waals surface area contributed by atoms with Crippen molar-refractivity contribution in [3.63, 3.8) is 0 Å². The van der Waals surface area contributed by atoms with Crippen LogP contribution in [-0.4, -0.2) is 51.3 Å². The van der Waals surface area contributed by atoms with Crippen molar-refractivity contribution in [3.8, 4) is 23.2 Å². The molecule has 1 fully saturated rings. The third-order valence-electron chi connectivity index (χ3n) is 5.60. The Labute approximate surface area is 209 Å². The van der Waals surface area contributed by atoms with E-state index in [4.69, 9.17) is 11.6 Å². The Hall–Kier alpha value is -3.00. The zero-order valence-corrected chi connectivity index (χ0v) is 20.3. The maximum absolute atomic E-state index is 13.8. The van der Waals surface area contributed by atoms with Gasteiger partial charge in [0, 0.05) is 49.1 Å². The highest BCUT2D eigenvalue weighted by molar-refractivity contribution is 7.12. The van der Waals surface area contributed by atoms with Crippen LogP contribution in [-0.2, 0) is 0 Å². The molecule has 1 aliphatic heterocycles. The molecular weight excluding hydrogens is 499 g/mol. The van der Waals surface area contributed by atoms with Gasteiger partial charge in [-0.15, -0.1) is 11.3 Å². The van der Waals surface area contributed by atoms with E-state index in [9.17, 15) is 18.0 Å². The first-order chi connectivity index (χ1) is 16.8. The van der Waals surface area contributed by atoms with Crippen LogP contribution in [0, 0.1) is 17.7 Å². The number of benzene rings is 1. The number of rotatable bonds is 6. The van der Waals surface area contributed by atoms with Gasteiger partial charge in [0.25, 0.3) is 11.8 Å². The fourth-order valence-corrected chi connectivity index (χ4v) is 4.92. The van der Waals surface area contributed by atoms with Crippen LogP contribution in [0.1, 0.15) is 46.0 Å². The van der Waals surface area contributed by atoms with Crippen LogP contribution in [0.4, 0.5) is 13.2 Å². The van der Waals surface area contributed by atoms with Gasteiger partial charge in [0.1, 0.15) is 0 Å². The van der Waals surface area contributed by atoms with Gasteiger partial charge in [-0.3, -0.25) is 9.69 Å². The topological polar surface area (TPSA) is 71.0 Å². The van der Waals surface area contributed by atoms with E-state index in [2.05, 4.69) is 32.1 Å². The minimum atomic E-state index is -2.69. The molecule has 1 unspecified atom stereocenters. The van der Waals surface area contributed by atoms with Gasteiger partial charge in [-0.1, -0.05) is 17.5 Å². The second-order valence-corrected chi connectivity index (χ2v) is 9.45. The van der Waals surface area contributed by atoms with E-state index in [0.29, 0.717) is 10.6 Å². The maximum atomic E-state index is 13.8. The minimum absolute atomic E-state index is 0.166. The molecule has 1 aliphatic rings. The Morgan fingerprint density at radius 1 is 1.23 bits per heavy atom. The van der Waals surface area contributed by atoms with Gasteiger partial charge in [-0.05, 0) is 31.0 Å². The molecule has 1 atom stereocenters. The molecule has 0 saturated carbocycles. The summed E-state index contributed by atoms with van der Waals surface area (Å²) in [5.41, 5.74) is 0.697. The summed E-state index contributed by atoms with van der Waals surface area (Å²) in [6, 6.07) is 4.36. The number of nitrogens with zero attached hydrogens (tertiary/aromatic N) is 4. The van der Waals surface area contributed by atoms with E-state index < -0.39 is 17.6 Å². The van der Waals surface area contributed by atoms with Gasteiger partial charge in [-0.25, -0.2) is 28.1 Å². The highest BCUT2D eigenvalue weighted by Gasteiger charge is 2.37. The molecule has 4 rings (SSSR count). The lowest BCUT2D eigenvalue weighted by molar-refractivity contribution is -0.0629. The normalized spacial score (nSPS) is 16.3. The average Bonchev–Trinajstić information content (AvgIpc) is 3.29. The molecule has 3 aromatic rings. The third kappa shape index (κ3) is 6.17. The lowest BCUT2D eigenvalue weighted by atomic mass is 10.0. The number of nitrogens with one attached hydrogen (secondary N) is 1. The summed E-state index contributed by atoms with van der Waals surface area (Å²) in [6.07, 6.45) is 3.26. The van der Waals surface area contributed by atoms with Crippen LogP contribution >= 0.6 is 22.9 Å². The molecule has 0 bridgehead atoms. The molecule has 3 heterocycles. The molecule has 0 spiro atoms. The Morgan fingerprint density at radius 3 is 2.63 bits per heavy atom. The van der Waals surface area contributed by atoms with E-state index >= 15 is 0 Å². The summed E-state index contributed by atoms with van der Waals surface area (Å²) in [4.78, 5) is 28.0. The summed E-state index contributed by atoms with van der Waals surface area (Å²) < 4.78 is 40.7. The number of carbonyl (C=O) groups excluding carboxylic acids is 1. The fourth-order valence-electron chi connectivity index (χ4n) is 3.76. The number of amides is 1. The van der Waals surface area contributed by atoms with Gasteiger partial charge in [-0.2, -0.15) is 0 Å². The SMILES string of the molecule is CC#Cc1ncc(C(CNC(=O)c2cc(-c3ncc(F)cn3)ccc2Cl)N2CCC(F)(F)CC2)s1. The highest BCUT2D eigenvalue weighted by Crippen LogP contribution is 2.34. The largest absolute Gasteiger partial charge is 0.350 e. The monoisotopic (exact) mass is 519 g/mol. The summed E-state index contributed by atoms with van der Waals surface area (Å²) in [6.45, 7) is 2.26. The van der Waals surface area contributed by atoms with Gasteiger partial charge in [0.05, 0.1) is 29.0 Å². The van der Waals surface area contributed by atoms with Crippen molar-refractivity contribution < 1.29 is 18.0 Å². The van der Waals surface area contributed by atoms with Gasteiger partial charge in [0.2, 0.25) is 0 Å². The van der Waals surface area contributed by atoms with Crippen LogP contribution < -0.4 is 5.32 Å². The Bertz CT molecular complexity index is 1260. The van der Waals surface area contributed by atoms with Crippen LogP contribution in [0.3, 0.4) is 0 Å². The zero-order chi connectivity index (χ0) is 25.0. The number of carbonyl (C=O) groups is 1. The van der Waals surface area contributed by atoms with Crippen molar-refractivity contribution in [3.05, 3.63) is 63.1 Å². The molecule has 35 heavy (non-hydrogen) atoms. The Morgan fingerprint density at radius 2 is 1.94 bits per heavy atom. The summed E-state index contributed by atoms with van der Waals surface area (Å²) >= 11 is 7.65. The average molecular weight is 520 g/mol. The van der Waals surface area contributed by atoms with E-state index in [0.717, 1.165) is 17.3 Å². The predicted octanol–water partition coefficient (Wildman–Crippen LogP) is 4.97. The lowest BCUT2D eigenvalue weighted by Gasteiger charge is -2.37. The first-order valence-electron chi connectivity index (χ1n) is 10.8. The number of aromatic nitrogens is 3. The number of hydrogen-bond donors (Lipinski definition) is 1. The van der Waals surface area contributed by atoms with Crippen LogP contribution in [0.25, 0.3) is 11.4 Å². The molecule has 1 amide bonds. The smallest absolute Gasteiger partial charge is 0.252 e. The molecular formula is C24H21ClF3N5OS. The molecule has 0 radical (unpaired) electrons. The standard InChI is InChI=1S/C24H21ClF3N5OS/c1-2-3-21-29-14-20(35-21)19(33-8-6-24(27,28)7-9-33)13-32-23(34)17-10-15(4-5-18(17)25)22-30-11-16(26)12-31-22/h4-5,10-12,14,19H,6-9,13H2,1H3,(H,32,34). The summed E-state index contributed by atoms with van der Waals surface area (Å²) in [5.74, 6) is 2.25. The van der Waals surface area contributed by atoms with E-state index in [-0.39, 0.29) is 54.9 Å². The Balaban J connectivity index is 1.54. The minimum Gasteiger partial charge on any atom is -0.350 e. The maximum Gasteiger partial charge on any atom is 0.252 e.